The fourth-order valence-electron chi connectivity index (χ4n) is 1.47. The van der Waals surface area contributed by atoms with Crippen LogP contribution in [0.1, 0.15) is 20.3 Å². The maximum absolute atomic E-state index is 10.4. The molecule has 0 atom stereocenters. The molecule has 0 radical (unpaired) electrons. The summed E-state index contributed by atoms with van der Waals surface area (Å²) in [5.41, 5.74) is 2.27. The molecule has 0 aliphatic rings. The molecular weight excluding hydrogens is 326 g/mol. The van der Waals surface area contributed by atoms with Crippen LogP contribution in [0.5, 0.6) is 5.75 Å². The third-order valence-electron chi connectivity index (χ3n) is 2.59. The number of hydrogen-bond acceptors (Lipinski definition) is 9. The van der Waals surface area contributed by atoms with E-state index in [0.29, 0.717) is 18.2 Å². The third-order valence-corrected chi connectivity index (χ3v) is 2.59. The number of nitrogens with zero attached hydrogens (tertiary/aromatic N) is 3. The summed E-state index contributed by atoms with van der Waals surface area (Å²) in [6, 6.07) is 1.49. The second-order valence-corrected chi connectivity index (χ2v) is 4.86. The molecule has 1 rings (SSSR count). The highest BCUT2D eigenvalue weighted by molar-refractivity contribution is 5.64. The molecule has 12 nitrogen and oxygen atoms in total. The number of phenols is 1. The zero-order valence-electron chi connectivity index (χ0n) is 13.2. The molecule has 0 aliphatic carbocycles. The van der Waals surface area contributed by atoms with Crippen LogP contribution in [0.2, 0.25) is 0 Å². The Kier molecular flexibility index (Phi) is 8.82. The maximum Gasteiger partial charge on any atom is 0.324 e. The van der Waals surface area contributed by atoms with Crippen LogP contribution in [0.15, 0.2) is 12.1 Å². The van der Waals surface area contributed by atoms with Gasteiger partial charge in [0, 0.05) is 6.04 Å². The Morgan fingerprint density at radius 2 is 1.54 bits per heavy atom. The summed E-state index contributed by atoms with van der Waals surface area (Å²) in [5.74, 6) is -1.21. The van der Waals surface area contributed by atoms with Gasteiger partial charge in [0.05, 0.1) is 26.9 Å². The van der Waals surface area contributed by atoms with Crippen molar-refractivity contribution in [2.24, 2.45) is 5.73 Å². The van der Waals surface area contributed by atoms with Crippen molar-refractivity contribution in [3.05, 3.63) is 42.5 Å². The Hall–Kier alpha value is -2.86. The van der Waals surface area contributed by atoms with Crippen molar-refractivity contribution < 1.29 is 19.9 Å². The van der Waals surface area contributed by atoms with E-state index in [0.717, 1.165) is 19.5 Å². The van der Waals surface area contributed by atoms with Gasteiger partial charge >= 0.3 is 11.4 Å². The quantitative estimate of drug-likeness (QED) is 0.373. The van der Waals surface area contributed by atoms with Crippen LogP contribution >= 0.6 is 0 Å². The van der Waals surface area contributed by atoms with Crippen LogP contribution in [0.3, 0.4) is 0 Å². The number of phenolic OH excluding ortho intramolecular Hbond substituents is 1. The lowest BCUT2D eigenvalue weighted by molar-refractivity contribution is -0.404. The van der Waals surface area contributed by atoms with Crippen molar-refractivity contribution in [1.29, 1.82) is 0 Å². The van der Waals surface area contributed by atoms with E-state index in [4.69, 9.17) is 10.8 Å². The Morgan fingerprint density at radius 3 is 1.83 bits per heavy atom. The maximum atomic E-state index is 10.4. The van der Waals surface area contributed by atoms with Crippen LogP contribution in [0, 0.1) is 30.3 Å². The van der Waals surface area contributed by atoms with Gasteiger partial charge < -0.3 is 16.2 Å². The van der Waals surface area contributed by atoms with Gasteiger partial charge in [-0.15, -0.1) is 0 Å². The number of rotatable bonds is 7. The highest BCUT2D eigenvalue weighted by atomic mass is 16.6. The Balaban J connectivity index is 0.000000561. The molecule has 1 aromatic rings. The number of nitrogens with two attached hydrogens (primary N) is 1. The molecule has 0 amide bonds. The van der Waals surface area contributed by atoms with Crippen LogP contribution in [-0.2, 0) is 0 Å². The molecule has 134 valence electrons. The number of nitrogens with one attached hydrogen (secondary N) is 1. The van der Waals surface area contributed by atoms with Gasteiger partial charge in [0.25, 0.3) is 11.4 Å². The second-order valence-electron chi connectivity index (χ2n) is 4.86. The molecule has 24 heavy (non-hydrogen) atoms. The average Bonchev–Trinajstić information content (AvgIpc) is 2.47. The lowest BCUT2D eigenvalue weighted by atomic mass is 10.2. The summed E-state index contributed by atoms with van der Waals surface area (Å²) < 4.78 is 0. The highest BCUT2D eigenvalue weighted by Crippen LogP contribution is 2.38. The molecule has 12 heteroatoms. The van der Waals surface area contributed by atoms with Crippen LogP contribution in [-0.4, -0.2) is 39.0 Å². The van der Waals surface area contributed by atoms with E-state index in [1.54, 1.807) is 0 Å². The summed E-state index contributed by atoms with van der Waals surface area (Å²) in [7, 11) is 0. The predicted molar refractivity (Wildman–Crippen MR) is 84.9 cm³/mol. The van der Waals surface area contributed by atoms with Crippen molar-refractivity contribution >= 4 is 17.1 Å². The van der Waals surface area contributed by atoms with Gasteiger partial charge in [0.2, 0.25) is 0 Å². The summed E-state index contributed by atoms with van der Waals surface area (Å²) in [5, 5.41) is 43.5. The van der Waals surface area contributed by atoms with Gasteiger partial charge in [0.15, 0.2) is 0 Å². The predicted octanol–water partition coefficient (Wildman–Crippen LogP) is 1.45. The van der Waals surface area contributed by atoms with E-state index < -0.39 is 37.6 Å². The first-order valence-corrected chi connectivity index (χ1v) is 6.85. The first-order valence-electron chi connectivity index (χ1n) is 6.85. The minimum atomic E-state index is -1.21. The molecule has 0 aliphatic heterocycles. The molecule has 0 bridgehead atoms. The van der Waals surface area contributed by atoms with Crippen molar-refractivity contribution in [3.63, 3.8) is 0 Å². The second kappa shape index (κ2) is 10.0. The van der Waals surface area contributed by atoms with E-state index in [9.17, 15) is 30.3 Å². The fourth-order valence-corrected chi connectivity index (χ4v) is 1.47. The van der Waals surface area contributed by atoms with Gasteiger partial charge in [0.1, 0.15) is 0 Å². The first kappa shape index (κ1) is 21.1. The van der Waals surface area contributed by atoms with Crippen LogP contribution in [0.25, 0.3) is 0 Å². The van der Waals surface area contributed by atoms with Crippen molar-refractivity contribution in [3.8, 4) is 5.75 Å². The summed E-state index contributed by atoms with van der Waals surface area (Å²) in [4.78, 5) is 27.8. The molecular formula is C12H19N5O7. The van der Waals surface area contributed by atoms with Crippen molar-refractivity contribution in [2.45, 2.75) is 26.3 Å². The van der Waals surface area contributed by atoms with Crippen molar-refractivity contribution in [2.75, 3.05) is 13.1 Å². The Labute approximate surface area is 136 Å². The zero-order valence-corrected chi connectivity index (χ0v) is 13.2. The first-order chi connectivity index (χ1) is 11.1. The molecule has 1 aromatic carbocycles. The lowest BCUT2D eigenvalue weighted by Gasteiger charge is -2.04. The van der Waals surface area contributed by atoms with Crippen LogP contribution < -0.4 is 11.1 Å². The molecule has 0 unspecified atom stereocenters. The topological polar surface area (TPSA) is 188 Å². The van der Waals surface area contributed by atoms with Gasteiger partial charge in [-0.05, 0) is 19.5 Å². The van der Waals surface area contributed by atoms with Gasteiger partial charge in [-0.2, -0.15) is 0 Å². The van der Waals surface area contributed by atoms with E-state index in [1.165, 1.54) is 0 Å². The molecule has 0 saturated carbocycles. The smallest absolute Gasteiger partial charge is 0.324 e. The Bertz CT molecular complexity index is 570. The largest absolute Gasteiger partial charge is 0.497 e. The van der Waals surface area contributed by atoms with Gasteiger partial charge in [-0.25, -0.2) is 0 Å². The minimum absolute atomic E-state index is 0.447. The normalized spacial score (nSPS) is 10.0. The summed E-state index contributed by atoms with van der Waals surface area (Å²) in [6.07, 6.45) is 1.08. The molecule has 0 aromatic heterocycles. The lowest BCUT2D eigenvalue weighted by Crippen LogP contribution is -2.25. The molecule has 0 fully saturated rings. The van der Waals surface area contributed by atoms with Gasteiger partial charge in [-0.3, -0.25) is 30.3 Å². The van der Waals surface area contributed by atoms with E-state index in [1.807, 2.05) is 0 Å². The minimum Gasteiger partial charge on any atom is -0.497 e. The summed E-state index contributed by atoms with van der Waals surface area (Å²) >= 11 is 0. The molecule has 0 saturated heterocycles. The molecule has 4 N–H and O–H groups in total. The molecule has 0 heterocycles. The number of nitro benzene ring substituents is 3. The molecule has 0 spiro atoms. The fraction of sp³-hybridized carbons (Fsp3) is 0.500. The number of non-ortho nitro benzene ring substituents is 1. The highest BCUT2D eigenvalue weighted by Gasteiger charge is 2.30. The average molecular weight is 345 g/mol. The van der Waals surface area contributed by atoms with Crippen molar-refractivity contribution in [1.82, 2.24) is 5.32 Å². The Morgan fingerprint density at radius 1 is 1.08 bits per heavy atom. The SMILES string of the molecule is CC(C)NCCCN.O=[N+]([O-])c1cc([N+](=O)[O-])c(O)c([N+](=O)[O-])c1. The summed E-state index contributed by atoms with van der Waals surface area (Å²) in [6.45, 7) is 6.11. The standard InChI is InChI=1S/C6H3N3O7.C6H16N2/c10-6-4(8(13)14)1-3(7(11)12)2-5(6)9(15)16;1-6(2)8-5-3-4-7/h1-2,10H;6,8H,3-5,7H2,1-2H3. The van der Waals surface area contributed by atoms with E-state index in [-0.39, 0.29) is 0 Å². The third kappa shape index (κ3) is 6.93. The number of benzene rings is 1. The number of nitro groups is 3. The zero-order chi connectivity index (χ0) is 18.9. The van der Waals surface area contributed by atoms with E-state index >= 15 is 0 Å². The van der Waals surface area contributed by atoms with Gasteiger partial charge in [-0.1, -0.05) is 13.8 Å². The van der Waals surface area contributed by atoms with E-state index in [2.05, 4.69) is 19.2 Å². The van der Waals surface area contributed by atoms with Crippen LogP contribution in [0.4, 0.5) is 17.1 Å². The number of hydrogen-bond donors (Lipinski definition) is 3. The monoisotopic (exact) mass is 345 g/mol. The number of aromatic hydroxyl groups is 1.